The molecular weight excluding hydrogens is 252 g/mol. The van der Waals surface area contributed by atoms with Crippen LogP contribution in [0.15, 0.2) is 18.2 Å². The minimum atomic E-state index is 0.176. The molecule has 112 valence electrons. The summed E-state index contributed by atoms with van der Waals surface area (Å²) < 4.78 is 11.1. The van der Waals surface area contributed by atoms with Gasteiger partial charge in [0, 0.05) is 12.0 Å². The number of ether oxygens (including phenoxy) is 2. The Morgan fingerprint density at radius 2 is 1.75 bits per heavy atom. The number of hydrogen-bond donors (Lipinski definition) is 0. The third-order valence-corrected chi connectivity index (χ3v) is 3.18. The summed E-state index contributed by atoms with van der Waals surface area (Å²) in [5, 5.41) is 0. The first-order valence-corrected chi connectivity index (χ1v) is 7.55. The second-order valence-corrected chi connectivity index (χ2v) is 5.05. The maximum absolute atomic E-state index is 12.3. The van der Waals surface area contributed by atoms with Crippen molar-refractivity contribution in [1.29, 1.82) is 0 Å². The van der Waals surface area contributed by atoms with Gasteiger partial charge in [0.2, 0.25) is 0 Å². The zero-order chi connectivity index (χ0) is 15.0. The van der Waals surface area contributed by atoms with Gasteiger partial charge in [-0.05, 0) is 38.0 Å². The molecule has 0 saturated carbocycles. The van der Waals surface area contributed by atoms with E-state index in [2.05, 4.69) is 13.8 Å². The predicted octanol–water partition coefficient (Wildman–Crippen LogP) is 4.49. The third-order valence-electron chi connectivity index (χ3n) is 3.18. The van der Waals surface area contributed by atoms with Gasteiger partial charge in [0.25, 0.3) is 0 Å². The van der Waals surface area contributed by atoms with Gasteiger partial charge in [-0.25, -0.2) is 0 Å². The van der Waals surface area contributed by atoms with Gasteiger partial charge in [-0.3, -0.25) is 4.79 Å². The molecule has 20 heavy (non-hydrogen) atoms. The molecular formula is C17H26O3. The quantitative estimate of drug-likeness (QED) is 0.624. The SMILES string of the molecule is CCCC(C)CC(=O)c1ccc(OCC)c(OCC)c1. The first kappa shape index (κ1) is 16.5. The number of benzene rings is 1. The molecule has 1 aromatic rings. The fourth-order valence-electron chi connectivity index (χ4n) is 2.25. The minimum Gasteiger partial charge on any atom is -0.490 e. The molecule has 0 spiro atoms. The molecule has 3 nitrogen and oxygen atoms in total. The highest BCUT2D eigenvalue weighted by atomic mass is 16.5. The fraction of sp³-hybridized carbons (Fsp3) is 0.588. The van der Waals surface area contributed by atoms with Gasteiger partial charge in [0.1, 0.15) is 0 Å². The van der Waals surface area contributed by atoms with Crippen LogP contribution in [0.5, 0.6) is 11.5 Å². The number of ketones is 1. The predicted molar refractivity (Wildman–Crippen MR) is 81.8 cm³/mol. The molecule has 1 aromatic carbocycles. The Morgan fingerprint density at radius 1 is 1.10 bits per heavy atom. The number of rotatable bonds is 9. The van der Waals surface area contributed by atoms with Crippen LogP contribution in [-0.4, -0.2) is 19.0 Å². The monoisotopic (exact) mass is 278 g/mol. The summed E-state index contributed by atoms with van der Waals surface area (Å²) in [6, 6.07) is 5.45. The maximum Gasteiger partial charge on any atom is 0.163 e. The van der Waals surface area contributed by atoms with Gasteiger partial charge in [-0.2, -0.15) is 0 Å². The Balaban J connectivity index is 2.84. The molecule has 0 bridgehead atoms. The van der Waals surface area contributed by atoms with E-state index < -0.39 is 0 Å². The largest absolute Gasteiger partial charge is 0.490 e. The average molecular weight is 278 g/mol. The summed E-state index contributed by atoms with van der Waals surface area (Å²) in [6.45, 7) is 9.27. The highest BCUT2D eigenvalue weighted by Crippen LogP contribution is 2.29. The lowest BCUT2D eigenvalue weighted by atomic mass is 9.96. The van der Waals surface area contributed by atoms with E-state index >= 15 is 0 Å². The zero-order valence-corrected chi connectivity index (χ0v) is 13.1. The number of hydrogen-bond acceptors (Lipinski definition) is 3. The van der Waals surface area contributed by atoms with Gasteiger partial charge in [0.15, 0.2) is 17.3 Å². The van der Waals surface area contributed by atoms with Crippen molar-refractivity contribution < 1.29 is 14.3 Å². The van der Waals surface area contributed by atoms with Crippen molar-refractivity contribution in [2.45, 2.75) is 47.0 Å². The van der Waals surface area contributed by atoms with Crippen LogP contribution < -0.4 is 9.47 Å². The fourth-order valence-corrected chi connectivity index (χ4v) is 2.25. The molecule has 1 unspecified atom stereocenters. The van der Waals surface area contributed by atoms with Crippen molar-refractivity contribution >= 4 is 5.78 Å². The summed E-state index contributed by atoms with van der Waals surface area (Å²) in [4.78, 5) is 12.3. The summed E-state index contributed by atoms with van der Waals surface area (Å²) in [5.41, 5.74) is 0.708. The smallest absolute Gasteiger partial charge is 0.163 e. The van der Waals surface area contributed by atoms with Crippen LogP contribution in [0.2, 0.25) is 0 Å². The molecule has 1 atom stereocenters. The molecule has 3 heteroatoms. The van der Waals surface area contributed by atoms with E-state index in [4.69, 9.17) is 9.47 Å². The van der Waals surface area contributed by atoms with Crippen molar-refractivity contribution in [2.24, 2.45) is 5.92 Å². The van der Waals surface area contributed by atoms with Gasteiger partial charge in [-0.1, -0.05) is 26.7 Å². The first-order valence-electron chi connectivity index (χ1n) is 7.55. The summed E-state index contributed by atoms with van der Waals surface area (Å²) >= 11 is 0. The molecule has 0 amide bonds. The van der Waals surface area contributed by atoms with Crippen molar-refractivity contribution in [1.82, 2.24) is 0 Å². The van der Waals surface area contributed by atoms with Gasteiger partial charge in [0.05, 0.1) is 13.2 Å². The minimum absolute atomic E-state index is 0.176. The lowest BCUT2D eigenvalue weighted by Gasteiger charge is -2.13. The van der Waals surface area contributed by atoms with Crippen molar-refractivity contribution in [3.05, 3.63) is 23.8 Å². The molecule has 0 N–H and O–H groups in total. The molecule has 0 aliphatic rings. The highest BCUT2D eigenvalue weighted by molar-refractivity contribution is 5.96. The Morgan fingerprint density at radius 3 is 2.35 bits per heavy atom. The van der Waals surface area contributed by atoms with E-state index in [0.29, 0.717) is 42.6 Å². The second-order valence-electron chi connectivity index (χ2n) is 5.05. The summed E-state index contributed by atoms with van der Waals surface area (Å²) in [6.07, 6.45) is 2.79. The molecule has 1 rings (SSSR count). The number of Topliss-reactive ketones (excluding diaryl/α,β-unsaturated/α-hetero) is 1. The van der Waals surface area contributed by atoms with E-state index in [0.717, 1.165) is 12.8 Å². The Hall–Kier alpha value is -1.51. The van der Waals surface area contributed by atoms with Gasteiger partial charge < -0.3 is 9.47 Å². The molecule has 0 fully saturated rings. The molecule has 0 aromatic heterocycles. The van der Waals surface area contributed by atoms with Crippen LogP contribution in [0.25, 0.3) is 0 Å². The molecule has 0 aliphatic carbocycles. The van der Waals surface area contributed by atoms with Crippen LogP contribution >= 0.6 is 0 Å². The van der Waals surface area contributed by atoms with Gasteiger partial charge >= 0.3 is 0 Å². The van der Waals surface area contributed by atoms with Crippen molar-refractivity contribution in [3.8, 4) is 11.5 Å². The molecule has 0 heterocycles. The standard InChI is InChI=1S/C17H26O3/c1-5-8-13(4)11-15(18)14-9-10-16(19-6-2)17(12-14)20-7-3/h9-10,12-13H,5-8,11H2,1-4H3. The number of carbonyl (C=O) groups excluding carboxylic acids is 1. The van der Waals surface area contributed by atoms with Crippen LogP contribution in [0.1, 0.15) is 57.3 Å². The van der Waals surface area contributed by atoms with Crippen molar-refractivity contribution in [3.63, 3.8) is 0 Å². The molecule has 0 radical (unpaired) electrons. The van der Waals surface area contributed by atoms with Crippen LogP contribution in [-0.2, 0) is 0 Å². The topological polar surface area (TPSA) is 35.5 Å². The lowest BCUT2D eigenvalue weighted by molar-refractivity contribution is 0.0962. The Kier molecular flexibility index (Phi) is 7.13. The van der Waals surface area contributed by atoms with E-state index in [1.54, 1.807) is 6.07 Å². The first-order chi connectivity index (χ1) is 9.62. The second kappa shape index (κ2) is 8.62. The molecule has 0 aliphatic heterocycles. The zero-order valence-electron chi connectivity index (χ0n) is 13.1. The van der Waals surface area contributed by atoms with E-state index in [1.165, 1.54) is 0 Å². The third kappa shape index (κ3) is 4.87. The van der Waals surface area contributed by atoms with E-state index in [9.17, 15) is 4.79 Å². The van der Waals surface area contributed by atoms with E-state index in [1.807, 2.05) is 26.0 Å². The molecule has 0 saturated heterocycles. The number of carbonyl (C=O) groups is 1. The Bertz CT molecular complexity index is 426. The van der Waals surface area contributed by atoms with Crippen LogP contribution in [0, 0.1) is 5.92 Å². The average Bonchev–Trinajstić information content (AvgIpc) is 2.41. The normalized spacial score (nSPS) is 12.0. The van der Waals surface area contributed by atoms with Crippen LogP contribution in [0.4, 0.5) is 0 Å². The lowest BCUT2D eigenvalue weighted by Crippen LogP contribution is -2.07. The van der Waals surface area contributed by atoms with Gasteiger partial charge in [-0.15, -0.1) is 0 Å². The Labute approximate surface area is 122 Å². The van der Waals surface area contributed by atoms with E-state index in [-0.39, 0.29) is 5.78 Å². The maximum atomic E-state index is 12.3. The highest BCUT2D eigenvalue weighted by Gasteiger charge is 2.14. The van der Waals surface area contributed by atoms with Crippen LogP contribution in [0.3, 0.4) is 0 Å². The summed E-state index contributed by atoms with van der Waals surface area (Å²) in [5.74, 6) is 1.96. The summed E-state index contributed by atoms with van der Waals surface area (Å²) in [7, 11) is 0. The van der Waals surface area contributed by atoms with Crippen molar-refractivity contribution in [2.75, 3.05) is 13.2 Å².